The Bertz CT molecular complexity index is 1520. The first-order chi connectivity index (χ1) is 23.7. The summed E-state index contributed by atoms with van der Waals surface area (Å²) in [6, 6.07) is 14.1. The summed E-state index contributed by atoms with van der Waals surface area (Å²) in [6.07, 6.45) is 4.27. The molecule has 0 N–H and O–H groups in total. The third-order valence-corrected chi connectivity index (χ3v) is 8.34. The lowest BCUT2D eigenvalue weighted by Gasteiger charge is -2.49. The van der Waals surface area contributed by atoms with E-state index < -0.39 is 35.3 Å². The first-order valence-corrected chi connectivity index (χ1v) is 17.5. The molecule has 0 amide bonds. The summed E-state index contributed by atoms with van der Waals surface area (Å²) in [6.45, 7) is 13.5. The zero-order chi connectivity index (χ0) is 35.9. The van der Waals surface area contributed by atoms with E-state index >= 15 is 0 Å². The second-order valence-electron chi connectivity index (χ2n) is 14.7. The quantitative estimate of drug-likeness (QED) is 0.143. The summed E-state index contributed by atoms with van der Waals surface area (Å²) >= 11 is 0. The molecule has 1 unspecified atom stereocenters. The van der Waals surface area contributed by atoms with E-state index in [1.165, 1.54) is 0 Å². The summed E-state index contributed by atoms with van der Waals surface area (Å²) in [5.74, 6) is -0.314. The van der Waals surface area contributed by atoms with Crippen LogP contribution in [0.5, 0.6) is 11.5 Å². The Morgan fingerprint density at radius 3 is 1.80 bits per heavy atom. The first kappa shape index (κ1) is 36.8. The van der Waals surface area contributed by atoms with E-state index in [4.69, 9.17) is 33.2 Å². The molecule has 50 heavy (non-hydrogen) atoms. The van der Waals surface area contributed by atoms with Gasteiger partial charge < -0.3 is 38.1 Å². The van der Waals surface area contributed by atoms with Crippen LogP contribution in [0.2, 0.25) is 0 Å². The van der Waals surface area contributed by atoms with Gasteiger partial charge in [-0.25, -0.2) is 19.3 Å². The number of rotatable bonds is 10. The number of benzene rings is 2. The summed E-state index contributed by atoms with van der Waals surface area (Å²) in [5, 5.41) is 0. The van der Waals surface area contributed by atoms with E-state index in [2.05, 4.69) is 4.90 Å². The third kappa shape index (κ3) is 9.83. The molecule has 2 aromatic carbocycles. The number of esters is 1. The summed E-state index contributed by atoms with van der Waals surface area (Å²) < 4.78 is 39.7. The van der Waals surface area contributed by atoms with Crippen molar-refractivity contribution in [1.29, 1.82) is 0 Å². The van der Waals surface area contributed by atoms with E-state index in [9.17, 15) is 14.4 Å². The molecule has 5 rings (SSSR count). The molecule has 0 aromatic heterocycles. The van der Waals surface area contributed by atoms with E-state index in [1.54, 1.807) is 65.8 Å². The van der Waals surface area contributed by atoms with Crippen LogP contribution in [0.4, 0.5) is 9.59 Å². The maximum atomic E-state index is 13.8. The van der Waals surface area contributed by atoms with Gasteiger partial charge >= 0.3 is 24.2 Å². The van der Waals surface area contributed by atoms with Crippen LogP contribution in [0.15, 0.2) is 60.2 Å². The number of hydrogen-bond donors (Lipinski definition) is 0. The van der Waals surface area contributed by atoms with Crippen LogP contribution in [-0.4, -0.2) is 78.0 Å². The summed E-state index contributed by atoms with van der Waals surface area (Å²) in [4.78, 5) is 42.1. The van der Waals surface area contributed by atoms with Crippen LogP contribution >= 0.6 is 0 Å². The summed E-state index contributed by atoms with van der Waals surface area (Å²) in [5.41, 5.74) is 0.889. The molecule has 0 radical (unpaired) electrons. The highest BCUT2D eigenvalue weighted by Crippen LogP contribution is 2.45. The fourth-order valence-corrected chi connectivity index (χ4v) is 6.18. The highest BCUT2D eigenvalue weighted by Gasteiger charge is 2.56. The fraction of sp³-hybridized carbons (Fsp3) is 0.553. The molecule has 1 atom stereocenters. The molecule has 2 aromatic rings. The normalized spacial score (nSPS) is 19.4. The highest BCUT2D eigenvalue weighted by atomic mass is 16.7. The molecule has 272 valence electrons. The van der Waals surface area contributed by atoms with Crippen LogP contribution in [-0.2, 0) is 41.3 Å². The molecule has 0 aliphatic carbocycles. The van der Waals surface area contributed by atoms with Gasteiger partial charge in [-0.1, -0.05) is 30.7 Å². The average Bonchev–Trinajstić information content (AvgIpc) is 3.19. The minimum absolute atomic E-state index is 0.143. The number of hydrogen-bond acceptors (Lipinski definition) is 12. The lowest BCUT2D eigenvalue weighted by atomic mass is 10.1. The Morgan fingerprint density at radius 2 is 1.24 bits per heavy atom. The van der Waals surface area contributed by atoms with Crippen molar-refractivity contribution in [2.24, 2.45) is 0 Å². The Morgan fingerprint density at radius 1 is 0.700 bits per heavy atom. The lowest BCUT2D eigenvalue weighted by molar-refractivity contribution is -0.227. The monoisotopic (exact) mass is 694 g/mol. The van der Waals surface area contributed by atoms with Gasteiger partial charge in [0.2, 0.25) is 11.5 Å². The van der Waals surface area contributed by atoms with Crippen LogP contribution in [0.1, 0.15) is 84.8 Å². The minimum Gasteiger partial charge on any atom is -0.463 e. The van der Waals surface area contributed by atoms with Crippen molar-refractivity contribution in [3.8, 4) is 11.5 Å². The van der Waals surface area contributed by atoms with Crippen molar-refractivity contribution in [2.75, 3.05) is 32.8 Å². The van der Waals surface area contributed by atoms with E-state index in [0.29, 0.717) is 36.6 Å². The van der Waals surface area contributed by atoms with Gasteiger partial charge in [-0.05, 0) is 96.2 Å². The first-order valence-electron chi connectivity index (χ1n) is 17.5. The predicted molar refractivity (Wildman–Crippen MR) is 183 cm³/mol. The molecule has 12 heteroatoms. The van der Waals surface area contributed by atoms with E-state index in [0.717, 1.165) is 56.3 Å². The van der Waals surface area contributed by atoms with Crippen molar-refractivity contribution in [2.45, 2.75) is 104 Å². The predicted octanol–water partition coefficient (Wildman–Crippen LogP) is 7.09. The largest absolute Gasteiger partial charge is 0.514 e. The van der Waals surface area contributed by atoms with Crippen LogP contribution in [0.3, 0.4) is 0 Å². The number of ether oxygens (including phenoxy) is 7. The molecule has 1 spiro atoms. The second-order valence-corrected chi connectivity index (χ2v) is 14.7. The van der Waals surface area contributed by atoms with Gasteiger partial charge in [0.1, 0.15) is 22.7 Å². The minimum atomic E-state index is -0.769. The topological polar surface area (TPSA) is 122 Å². The molecule has 12 nitrogen and oxygen atoms in total. The molecule has 3 heterocycles. The van der Waals surface area contributed by atoms with Crippen LogP contribution < -0.4 is 9.47 Å². The maximum absolute atomic E-state index is 13.8. The van der Waals surface area contributed by atoms with Gasteiger partial charge in [0.05, 0.1) is 13.2 Å². The number of carbonyl (C=O) groups excluding carboxylic acids is 3. The molecular weight excluding hydrogens is 644 g/mol. The highest BCUT2D eigenvalue weighted by molar-refractivity contribution is 5.88. The molecule has 3 aliphatic heterocycles. The maximum Gasteiger partial charge on any atom is 0.514 e. The SMILES string of the molecule is CC(C)(C)OC(=O)Oc1ccc(CCOC(=O)C2=C(OCCc3ccc(OC(=O)OC(C)(C)C)cc3)OC34CCCCCN3CCCN24)cc1. The van der Waals surface area contributed by atoms with Crippen LogP contribution in [0, 0.1) is 0 Å². The van der Waals surface area contributed by atoms with Gasteiger partial charge in [-0.15, -0.1) is 0 Å². The fourth-order valence-electron chi connectivity index (χ4n) is 6.18. The molecule has 3 aliphatic rings. The van der Waals surface area contributed by atoms with Gasteiger partial charge in [-0.2, -0.15) is 0 Å². The Kier molecular flexibility index (Phi) is 11.5. The standard InChI is InChI=1S/C38H50N2O10/c1-36(2,3)49-34(42)46-29-15-11-27(12-16-29)19-25-44-32(41)31-33(48-38-21-8-7-9-22-39(38)23-10-24-40(31)38)45-26-20-28-13-17-30(18-14-28)47-35(43)50-37(4,5)6/h11-18H,7-10,19-26H2,1-6H3. The third-order valence-electron chi connectivity index (χ3n) is 8.34. The molecule has 0 bridgehead atoms. The Balaban J connectivity index is 1.21. The second kappa shape index (κ2) is 15.6. The molecular formula is C38H50N2O10. The smallest absolute Gasteiger partial charge is 0.463 e. The zero-order valence-corrected chi connectivity index (χ0v) is 30.1. The number of carbonyl (C=O) groups is 3. The Hall–Kier alpha value is -4.45. The molecule has 0 saturated carbocycles. The van der Waals surface area contributed by atoms with Gasteiger partial charge in [-0.3, -0.25) is 0 Å². The van der Waals surface area contributed by atoms with Crippen molar-refractivity contribution in [1.82, 2.24) is 9.80 Å². The lowest BCUT2D eigenvalue weighted by Crippen LogP contribution is -2.62. The van der Waals surface area contributed by atoms with Gasteiger partial charge in [0.25, 0.3) is 0 Å². The Labute approximate surface area is 294 Å². The summed E-state index contributed by atoms with van der Waals surface area (Å²) in [7, 11) is 0. The van der Waals surface area contributed by atoms with Crippen molar-refractivity contribution in [3.05, 3.63) is 71.3 Å². The van der Waals surface area contributed by atoms with Crippen LogP contribution in [0.25, 0.3) is 0 Å². The molecule has 2 saturated heterocycles. The average molecular weight is 695 g/mol. The van der Waals surface area contributed by atoms with Crippen molar-refractivity contribution < 1.29 is 47.5 Å². The van der Waals surface area contributed by atoms with E-state index in [-0.39, 0.29) is 19.2 Å². The van der Waals surface area contributed by atoms with Gasteiger partial charge in [0, 0.05) is 38.9 Å². The zero-order valence-electron chi connectivity index (χ0n) is 30.1. The number of nitrogens with zero attached hydrogens (tertiary/aromatic N) is 2. The van der Waals surface area contributed by atoms with Gasteiger partial charge in [0.15, 0.2) is 0 Å². The van der Waals surface area contributed by atoms with Crippen molar-refractivity contribution in [3.63, 3.8) is 0 Å². The van der Waals surface area contributed by atoms with E-state index in [1.807, 2.05) is 29.2 Å². The molecule has 2 fully saturated rings. The van der Waals surface area contributed by atoms with Crippen molar-refractivity contribution >= 4 is 18.3 Å².